The second-order valence-electron chi connectivity index (χ2n) is 8.46. The molecule has 1 aliphatic carbocycles. The number of piperidine rings is 1. The average molecular weight is 435 g/mol. The maximum atomic E-state index is 14.6. The number of nitrogens with zero attached hydrogens (tertiary/aromatic N) is 1. The molecular formula is C23H31FN2O5. The SMILES string of the molecule is CC(CO)NC(=O)C1CC=C(c2ccc(OCC3CCN(C(=O)O)CC3)c(F)c2)CC1. The van der Waals surface area contributed by atoms with Crippen LogP contribution in [0, 0.1) is 17.7 Å². The van der Waals surface area contributed by atoms with E-state index in [0.29, 0.717) is 51.8 Å². The Bertz CT molecular complexity index is 820. The maximum absolute atomic E-state index is 14.6. The number of nitrogens with one attached hydrogen (secondary N) is 1. The highest BCUT2D eigenvalue weighted by Gasteiger charge is 2.24. The molecule has 1 heterocycles. The van der Waals surface area contributed by atoms with E-state index in [1.807, 2.05) is 12.1 Å². The molecule has 2 atom stereocenters. The van der Waals surface area contributed by atoms with E-state index in [1.54, 1.807) is 13.0 Å². The van der Waals surface area contributed by atoms with E-state index in [9.17, 15) is 14.0 Å². The minimum atomic E-state index is -0.898. The molecule has 1 aliphatic heterocycles. The number of carbonyl (C=O) groups is 2. The highest BCUT2D eigenvalue weighted by atomic mass is 19.1. The molecule has 3 N–H and O–H groups in total. The van der Waals surface area contributed by atoms with E-state index in [1.165, 1.54) is 11.0 Å². The topological polar surface area (TPSA) is 99.1 Å². The van der Waals surface area contributed by atoms with E-state index in [2.05, 4.69) is 5.32 Å². The van der Waals surface area contributed by atoms with Crippen LogP contribution in [0.3, 0.4) is 0 Å². The van der Waals surface area contributed by atoms with Crippen LogP contribution < -0.4 is 10.1 Å². The van der Waals surface area contributed by atoms with Gasteiger partial charge in [0, 0.05) is 25.0 Å². The molecular weight excluding hydrogens is 403 g/mol. The van der Waals surface area contributed by atoms with E-state index in [0.717, 1.165) is 11.1 Å². The monoisotopic (exact) mass is 434 g/mol. The first kappa shape index (κ1) is 23.1. The summed E-state index contributed by atoms with van der Waals surface area (Å²) in [5.41, 5.74) is 1.81. The van der Waals surface area contributed by atoms with Crippen LogP contribution >= 0.6 is 0 Å². The van der Waals surface area contributed by atoms with Gasteiger partial charge in [0.1, 0.15) is 0 Å². The minimum absolute atomic E-state index is 0.0547. The van der Waals surface area contributed by atoms with Gasteiger partial charge in [-0.25, -0.2) is 9.18 Å². The zero-order chi connectivity index (χ0) is 22.4. The fourth-order valence-electron chi connectivity index (χ4n) is 4.06. The lowest BCUT2D eigenvalue weighted by atomic mass is 9.86. The van der Waals surface area contributed by atoms with E-state index in [-0.39, 0.29) is 36.1 Å². The lowest BCUT2D eigenvalue weighted by Crippen LogP contribution is -2.39. The lowest BCUT2D eigenvalue weighted by molar-refractivity contribution is -0.126. The molecule has 2 aliphatic rings. The van der Waals surface area contributed by atoms with Gasteiger partial charge in [0.2, 0.25) is 5.91 Å². The Labute approximate surface area is 181 Å². The van der Waals surface area contributed by atoms with E-state index in [4.69, 9.17) is 14.9 Å². The molecule has 3 rings (SSSR count). The van der Waals surface area contributed by atoms with Crippen molar-refractivity contribution in [1.82, 2.24) is 10.2 Å². The van der Waals surface area contributed by atoms with E-state index >= 15 is 0 Å². The molecule has 170 valence electrons. The second kappa shape index (κ2) is 10.6. The normalized spacial score (nSPS) is 20.7. The summed E-state index contributed by atoms with van der Waals surface area (Å²) >= 11 is 0. The number of hydrogen-bond donors (Lipinski definition) is 3. The van der Waals surface area contributed by atoms with Crippen LogP contribution in [-0.2, 0) is 4.79 Å². The Kier molecular flexibility index (Phi) is 7.90. The molecule has 2 unspecified atom stereocenters. The number of rotatable bonds is 7. The quantitative estimate of drug-likeness (QED) is 0.612. The molecule has 1 aromatic carbocycles. The largest absolute Gasteiger partial charge is 0.490 e. The Hall–Kier alpha value is -2.61. The van der Waals surface area contributed by atoms with Crippen molar-refractivity contribution in [2.45, 2.75) is 45.1 Å². The van der Waals surface area contributed by atoms with Crippen LogP contribution in [-0.4, -0.2) is 59.5 Å². The molecule has 1 fully saturated rings. The fourth-order valence-corrected chi connectivity index (χ4v) is 4.06. The van der Waals surface area contributed by atoms with Crippen molar-refractivity contribution in [3.63, 3.8) is 0 Å². The summed E-state index contributed by atoms with van der Waals surface area (Å²) in [5.74, 6) is -0.180. The summed E-state index contributed by atoms with van der Waals surface area (Å²) < 4.78 is 20.3. The molecule has 8 heteroatoms. The highest BCUT2D eigenvalue weighted by Crippen LogP contribution is 2.32. The molecule has 1 saturated heterocycles. The summed E-state index contributed by atoms with van der Waals surface area (Å²) in [6, 6.07) is 4.69. The van der Waals surface area contributed by atoms with Gasteiger partial charge in [-0.3, -0.25) is 4.79 Å². The summed E-state index contributed by atoms with van der Waals surface area (Å²) in [5, 5.41) is 20.9. The zero-order valence-corrected chi connectivity index (χ0v) is 17.8. The zero-order valence-electron chi connectivity index (χ0n) is 17.8. The number of likely N-dealkylation sites (tertiary alicyclic amines) is 1. The molecule has 7 nitrogen and oxygen atoms in total. The number of allylic oxidation sites excluding steroid dienone is 2. The van der Waals surface area contributed by atoms with Gasteiger partial charge < -0.3 is 25.2 Å². The first-order chi connectivity index (χ1) is 14.9. The van der Waals surface area contributed by atoms with Crippen molar-refractivity contribution < 1.29 is 28.9 Å². The van der Waals surface area contributed by atoms with Crippen molar-refractivity contribution in [2.24, 2.45) is 11.8 Å². The van der Waals surface area contributed by atoms with Crippen LogP contribution in [0.15, 0.2) is 24.3 Å². The molecule has 0 radical (unpaired) electrons. The van der Waals surface area contributed by atoms with Crippen molar-refractivity contribution in [2.75, 3.05) is 26.3 Å². The molecule has 0 spiro atoms. The van der Waals surface area contributed by atoms with Crippen LogP contribution in [0.25, 0.3) is 5.57 Å². The third kappa shape index (κ3) is 6.19. The van der Waals surface area contributed by atoms with Gasteiger partial charge in [-0.1, -0.05) is 12.1 Å². The van der Waals surface area contributed by atoms with Crippen LogP contribution in [0.2, 0.25) is 0 Å². The van der Waals surface area contributed by atoms with Gasteiger partial charge in [-0.15, -0.1) is 0 Å². The highest BCUT2D eigenvalue weighted by molar-refractivity contribution is 5.80. The molecule has 31 heavy (non-hydrogen) atoms. The van der Waals surface area contributed by atoms with Crippen LogP contribution in [0.5, 0.6) is 5.75 Å². The lowest BCUT2D eigenvalue weighted by Gasteiger charge is -2.29. The number of amides is 2. The maximum Gasteiger partial charge on any atom is 0.407 e. The number of benzene rings is 1. The third-order valence-corrected chi connectivity index (χ3v) is 6.11. The van der Waals surface area contributed by atoms with Gasteiger partial charge in [0.05, 0.1) is 13.2 Å². The van der Waals surface area contributed by atoms with Crippen molar-refractivity contribution in [1.29, 1.82) is 0 Å². The number of carboxylic acid groups (broad SMARTS) is 1. The van der Waals surface area contributed by atoms with Crippen LogP contribution in [0.4, 0.5) is 9.18 Å². The van der Waals surface area contributed by atoms with Gasteiger partial charge in [-0.05, 0) is 68.2 Å². The standard InChI is InChI=1S/C23H31FN2O5/c1-15(13-27)25-22(28)18-4-2-17(3-5-18)19-6-7-21(20(24)12-19)31-14-16-8-10-26(11-9-16)23(29)30/h2,6-7,12,15-16,18,27H,3-5,8-11,13-14H2,1H3,(H,25,28)(H,29,30). The first-order valence-electron chi connectivity index (χ1n) is 10.9. The molecule has 0 aromatic heterocycles. The third-order valence-electron chi connectivity index (χ3n) is 6.11. The summed E-state index contributed by atoms with van der Waals surface area (Å²) in [4.78, 5) is 24.6. The predicted molar refractivity (Wildman–Crippen MR) is 114 cm³/mol. The smallest absolute Gasteiger partial charge is 0.407 e. The van der Waals surface area contributed by atoms with Crippen molar-refractivity contribution in [3.8, 4) is 5.75 Å². The van der Waals surface area contributed by atoms with Gasteiger partial charge in [-0.2, -0.15) is 0 Å². The summed E-state index contributed by atoms with van der Waals surface area (Å²) in [6.45, 7) is 3.01. The van der Waals surface area contributed by atoms with Crippen molar-refractivity contribution >= 4 is 17.6 Å². The van der Waals surface area contributed by atoms with Crippen molar-refractivity contribution in [3.05, 3.63) is 35.7 Å². The molecule has 0 saturated carbocycles. The molecule has 0 bridgehead atoms. The predicted octanol–water partition coefficient (Wildman–Crippen LogP) is 3.28. The average Bonchev–Trinajstić information content (AvgIpc) is 2.78. The molecule has 1 aromatic rings. The Morgan fingerprint density at radius 2 is 2.03 bits per heavy atom. The number of carbonyl (C=O) groups excluding carboxylic acids is 1. The number of aliphatic hydroxyl groups excluding tert-OH is 1. The number of ether oxygens (including phenoxy) is 1. The summed E-state index contributed by atoms with van der Waals surface area (Å²) in [6.07, 6.45) is 4.48. The van der Waals surface area contributed by atoms with Gasteiger partial charge >= 0.3 is 6.09 Å². The minimum Gasteiger partial charge on any atom is -0.490 e. The van der Waals surface area contributed by atoms with E-state index < -0.39 is 11.9 Å². The molecule has 2 amide bonds. The van der Waals surface area contributed by atoms with Crippen LogP contribution in [0.1, 0.15) is 44.6 Å². The van der Waals surface area contributed by atoms with Gasteiger partial charge in [0.15, 0.2) is 11.6 Å². The first-order valence-corrected chi connectivity index (χ1v) is 10.9. The number of hydrogen-bond acceptors (Lipinski definition) is 4. The Balaban J connectivity index is 1.52. The van der Waals surface area contributed by atoms with Gasteiger partial charge in [0.25, 0.3) is 0 Å². The Morgan fingerprint density at radius 3 is 2.61 bits per heavy atom. The fraction of sp³-hybridized carbons (Fsp3) is 0.565. The Morgan fingerprint density at radius 1 is 1.29 bits per heavy atom. The number of aliphatic hydroxyl groups is 1. The summed E-state index contributed by atoms with van der Waals surface area (Å²) in [7, 11) is 0. The number of halogens is 1. The second-order valence-corrected chi connectivity index (χ2v) is 8.46.